The highest BCUT2D eigenvalue weighted by Gasteiger charge is 2.65. The highest BCUT2D eigenvalue weighted by atomic mass is 32.2. The molecule has 20 nitrogen and oxygen atoms in total. The van der Waals surface area contributed by atoms with E-state index in [1.807, 2.05) is 57.7 Å². The maximum atomic E-state index is 14.0. The molecule has 0 aromatic heterocycles. The molecule has 1 aromatic rings. The summed E-state index contributed by atoms with van der Waals surface area (Å²) >= 11 is 1.81. The van der Waals surface area contributed by atoms with Crippen molar-refractivity contribution in [2.24, 2.45) is 28.0 Å². The Bertz CT molecular complexity index is 2490. The number of allylic oxidation sites excluding steroid dienone is 3. The Kier molecular flexibility index (Phi) is 23.4. The van der Waals surface area contributed by atoms with E-state index >= 15 is 0 Å². The van der Waals surface area contributed by atoms with Gasteiger partial charge in [0.2, 0.25) is 11.8 Å². The van der Waals surface area contributed by atoms with Crippen LogP contribution in [0.2, 0.25) is 0 Å². The van der Waals surface area contributed by atoms with Crippen LogP contribution in [0, 0.1) is 17.8 Å². The highest BCUT2D eigenvalue weighted by molar-refractivity contribution is 8.00. The lowest BCUT2D eigenvalue weighted by Gasteiger charge is -2.32. The first-order valence-electron chi connectivity index (χ1n) is 28.7. The number of amides is 6. The van der Waals surface area contributed by atoms with Gasteiger partial charge in [0.25, 0.3) is 5.91 Å². The summed E-state index contributed by atoms with van der Waals surface area (Å²) in [6.45, 7) is 11.5. The fourth-order valence-electron chi connectivity index (χ4n) is 10.7. The van der Waals surface area contributed by atoms with Gasteiger partial charge in [-0.15, -0.1) is 10.2 Å². The molecule has 0 radical (unpaired) electrons. The number of halogens is 3. The number of benzene rings is 1. The number of hydrogen-bond donors (Lipinski definition) is 7. The number of esters is 1. The number of unbranched alkanes of at least 4 members (excludes halogenated alkanes) is 2. The molecule has 0 spiro atoms. The number of thioether (sulfide) groups is 1. The standard InChI is InChI=1S/C58H85F3N8O12S/c1-9-43(71)37(5)51-44(79-51)31-34(2)15-14-16-35(3)50-36(4)20-25-46(56(6,78)27-26-40(70)32-48(73)81-50)80-55(77)62-28-13-12-17-41(63-52(74)38-21-23-39(24-22-38)57(66-67-57)58(59,60)61)53(75)69(8)30-29-68(7)47(72)19-11-10-18-45-49-42(33-82-45)64-54(76)65-49/h14-16,20-25,34,36-37,40-46,49-51,70-71,78H,9-13,17-19,26-33H2,1-8H3,(H,62,77)(H,63,74)(H2,64,65,76). The zero-order chi connectivity index (χ0) is 60.1. The van der Waals surface area contributed by atoms with Gasteiger partial charge in [0.1, 0.15) is 17.7 Å². The molecule has 3 saturated heterocycles. The summed E-state index contributed by atoms with van der Waals surface area (Å²) in [6, 6.07) is 3.55. The lowest BCUT2D eigenvalue weighted by molar-refractivity contribution is -0.166. The third-order valence-electron chi connectivity index (χ3n) is 16.3. The average molecular weight is 1180 g/mol. The van der Waals surface area contributed by atoms with Crippen LogP contribution in [0.15, 0.2) is 70.4 Å². The van der Waals surface area contributed by atoms with E-state index in [4.69, 9.17) is 14.2 Å². The van der Waals surface area contributed by atoms with Crippen molar-refractivity contribution in [1.29, 1.82) is 0 Å². The van der Waals surface area contributed by atoms with E-state index < -0.39 is 77.7 Å². The van der Waals surface area contributed by atoms with E-state index in [9.17, 15) is 57.3 Å². The molecule has 7 N–H and O–H groups in total. The Morgan fingerprint density at radius 3 is 2.41 bits per heavy atom. The molecule has 5 aliphatic rings. The molecule has 3 fully saturated rings. The molecule has 1 aromatic carbocycles. The number of nitrogens with zero attached hydrogens (tertiary/aromatic N) is 4. The van der Waals surface area contributed by atoms with Crippen molar-refractivity contribution in [1.82, 2.24) is 31.1 Å². The monoisotopic (exact) mass is 1170 g/mol. The second-order valence-electron chi connectivity index (χ2n) is 23.1. The molecule has 5 aliphatic heterocycles. The predicted molar refractivity (Wildman–Crippen MR) is 301 cm³/mol. The number of hydrogen-bond acceptors (Lipinski definition) is 15. The van der Waals surface area contributed by atoms with Crippen LogP contribution in [0.1, 0.15) is 135 Å². The number of cyclic esters (lactones) is 1. The van der Waals surface area contributed by atoms with Crippen LogP contribution in [0.5, 0.6) is 0 Å². The van der Waals surface area contributed by atoms with E-state index in [0.29, 0.717) is 37.7 Å². The van der Waals surface area contributed by atoms with Gasteiger partial charge in [0, 0.05) is 74.1 Å². The summed E-state index contributed by atoms with van der Waals surface area (Å²) in [5.41, 5.74) is -3.92. The van der Waals surface area contributed by atoms with Crippen molar-refractivity contribution >= 4 is 47.6 Å². The van der Waals surface area contributed by atoms with Gasteiger partial charge in [0.15, 0.2) is 6.10 Å². The van der Waals surface area contributed by atoms with Crippen molar-refractivity contribution in [3.05, 3.63) is 71.3 Å². The fourth-order valence-corrected chi connectivity index (χ4v) is 12.2. The number of urea groups is 1. The van der Waals surface area contributed by atoms with Gasteiger partial charge in [-0.3, -0.25) is 19.2 Å². The summed E-state index contributed by atoms with van der Waals surface area (Å²) < 4.78 is 58.6. The molecule has 0 bridgehead atoms. The second kappa shape index (κ2) is 29.3. The Balaban J connectivity index is 1.02. The van der Waals surface area contributed by atoms with Gasteiger partial charge in [-0.25, -0.2) is 9.59 Å². The van der Waals surface area contributed by atoms with Crippen molar-refractivity contribution in [3.63, 3.8) is 0 Å². The normalized spacial score (nSPS) is 28.5. The first-order valence-corrected chi connectivity index (χ1v) is 29.8. The maximum absolute atomic E-state index is 14.0. The topological polar surface area (TPSA) is 273 Å². The molecular formula is C58H85F3N8O12S. The predicted octanol–water partition coefficient (Wildman–Crippen LogP) is 6.98. The van der Waals surface area contributed by atoms with Crippen LogP contribution in [0.25, 0.3) is 0 Å². The van der Waals surface area contributed by atoms with Gasteiger partial charge in [-0.1, -0.05) is 70.6 Å². The van der Waals surface area contributed by atoms with E-state index in [1.165, 1.54) is 42.0 Å². The zero-order valence-electron chi connectivity index (χ0n) is 48.4. The minimum atomic E-state index is -4.76. The minimum absolute atomic E-state index is 0.00484. The molecule has 0 aliphatic carbocycles. The third-order valence-corrected chi connectivity index (χ3v) is 17.8. The van der Waals surface area contributed by atoms with Crippen LogP contribution in [-0.4, -0.2) is 172 Å². The van der Waals surface area contributed by atoms with Crippen molar-refractivity contribution in [3.8, 4) is 0 Å². The Hall–Kier alpha value is -5.56. The van der Waals surface area contributed by atoms with E-state index in [0.717, 1.165) is 37.1 Å². The van der Waals surface area contributed by atoms with Gasteiger partial charge >= 0.3 is 29.9 Å². The summed E-state index contributed by atoms with van der Waals surface area (Å²) in [7, 11) is 3.18. The van der Waals surface area contributed by atoms with Gasteiger partial charge in [-0.2, -0.15) is 24.9 Å². The first kappa shape index (κ1) is 65.6. The van der Waals surface area contributed by atoms with Crippen molar-refractivity contribution in [2.45, 2.75) is 196 Å². The van der Waals surface area contributed by atoms with Crippen LogP contribution in [0.4, 0.5) is 22.8 Å². The number of carbonyl (C=O) groups excluding carboxylic acids is 6. The number of aliphatic hydroxyl groups excluding tert-OH is 2. The molecule has 6 rings (SSSR count). The smallest absolute Gasteiger partial charge is 0.442 e. The maximum Gasteiger partial charge on any atom is 0.442 e. The van der Waals surface area contributed by atoms with Crippen LogP contribution in [0.3, 0.4) is 0 Å². The Morgan fingerprint density at radius 2 is 1.73 bits per heavy atom. The van der Waals surface area contributed by atoms with Crippen LogP contribution in [-0.2, 0) is 34.3 Å². The average Bonchev–Trinajstić information content (AvgIpc) is 3.28. The number of epoxide rings is 1. The molecule has 6 amide bonds. The van der Waals surface area contributed by atoms with Crippen molar-refractivity contribution < 1.29 is 71.5 Å². The number of ether oxygens (including phenoxy) is 3. The number of aliphatic hydroxyl groups is 3. The van der Waals surface area contributed by atoms with E-state index in [2.05, 4.69) is 38.4 Å². The lowest BCUT2D eigenvalue weighted by Crippen LogP contribution is -2.49. The fraction of sp³-hybridized carbons (Fsp3) is 0.690. The Morgan fingerprint density at radius 1 is 1.02 bits per heavy atom. The van der Waals surface area contributed by atoms with Gasteiger partial charge in [0.05, 0.1) is 42.9 Å². The number of alkyl carbamates (subject to hydrolysis) is 1. The molecule has 456 valence electrons. The van der Waals surface area contributed by atoms with Gasteiger partial charge in [-0.05, 0) is 101 Å². The second-order valence-corrected chi connectivity index (χ2v) is 24.3. The van der Waals surface area contributed by atoms with Crippen molar-refractivity contribution in [2.75, 3.05) is 39.5 Å². The summed E-state index contributed by atoms with van der Waals surface area (Å²) in [5, 5.41) is 50.7. The van der Waals surface area contributed by atoms with E-state index in [-0.39, 0.29) is 110 Å². The van der Waals surface area contributed by atoms with Crippen LogP contribution < -0.4 is 21.3 Å². The number of nitrogens with one attached hydrogen (secondary N) is 4. The molecule has 14 atom stereocenters. The largest absolute Gasteiger partial charge is 0.457 e. The zero-order valence-corrected chi connectivity index (χ0v) is 49.2. The number of rotatable bonds is 26. The molecule has 24 heteroatoms. The molecule has 5 heterocycles. The number of alkyl halides is 3. The Labute approximate surface area is 483 Å². The molecule has 82 heavy (non-hydrogen) atoms. The quantitative estimate of drug-likeness (QED) is 0.0123. The molecule has 0 saturated carbocycles. The first-order chi connectivity index (χ1) is 38.7. The lowest BCUT2D eigenvalue weighted by atomic mass is 9.88. The number of carbonyl (C=O) groups is 6. The third kappa shape index (κ3) is 18.2. The summed E-state index contributed by atoms with van der Waals surface area (Å²) in [5.74, 6) is -1.33. The van der Waals surface area contributed by atoms with Gasteiger partial charge < -0.3 is 60.6 Å². The molecular weight excluding hydrogens is 1090 g/mol. The SMILES string of the molecule is CCC(O)C(C)C1OC1CC(C)C=CC=C(C)C1OC(=O)CC(O)CCC(C)(O)C(OC(=O)NCCCCC(NC(=O)c2ccc(C3(C(F)(F)F)N=N3)cc2)C(=O)N(C)CCN(C)C(=O)CCCCC2SCC3NC(=O)NC32)C=CC1C. The summed E-state index contributed by atoms with van der Waals surface area (Å²) in [4.78, 5) is 81.9. The van der Waals surface area contributed by atoms with E-state index in [1.54, 1.807) is 13.1 Å². The minimum Gasteiger partial charge on any atom is -0.457 e. The summed E-state index contributed by atoms with van der Waals surface area (Å²) in [6.07, 6.45) is 4.34. The number of fused-ring (bicyclic) bond motifs is 1. The number of likely N-dealkylation sites (N-methyl/N-ethyl adjacent to an activating group) is 2. The molecule has 14 unspecified atom stereocenters. The highest BCUT2D eigenvalue weighted by Crippen LogP contribution is 2.52. The van der Waals surface area contributed by atoms with Crippen LogP contribution >= 0.6 is 11.8 Å².